The van der Waals surface area contributed by atoms with Crippen molar-refractivity contribution in [3.63, 3.8) is 0 Å². The van der Waals surface area contributed by atoms with E-state index in [2.05, 4.69) is 25.6 Å². The second-order valence-corrected chi connectivity index (χ2v) is 3.59. The molecule has 1 aromatic heterocycles. The molecule has 2 N–H and O–H groups in total. The summed E-state index contributed by atoms with van der Waals surface area (Å²) < 4.78 is 5.21. The Labute approximate surface area is 106 Å². The summed E-state index contributed by atoms with van der Waals surface area (Å²) in [5.41, 5.74) is 0. The first-order valence-electron chi connectivity index (χ1n) is 5.57. The van der Waals surface area contributed by atoms with Crippen LogP contribution in [-0.4, -0.2) is 60.1 Å². The molecule has 0 spiro atoms. The molecule has 0 atom stereocenters. The average molecular weight is 254 g/mol. The fourth-order valence-corrected chi connectivity index (χ4v) is 1.05. The van der Waals surface area contributed by atoms with Gasteiger partial charge in [0, 0.05) is 21.1 Å². The number of nitrogens with zero attached hydrogens (tertiary/aromatic N) is 4. The summed E-state index contributed by atoms with van der Waals surface area (Å²) in [5.74, 6) is 0.612. The number of aromatic nitrogens is 3. The van der Waals surface area contributed by atoms with E-state index >= 15 is 0 Å². The smallest absolute Gasteiger partial charge is 0.323 e. The molecule has 0 saturated carbocycles. The first-order chi connectivity index (χ1) is 8.56. The van der Waals surface area contributed by atoms with Gasteiger partial charge in [0.25, 0.3) is 0 Å². The zero-order chi connectivity index (χ0) is 13.5. The molecule has 1 rings (SSSR count). The summed E-state index contributed by atoms with van der Waals surface area (Å²) in [4.78, 5) is 25.0. The normalized spacial score (nSPS) is 9.78. The predicted octanol–water partition coefficient (Wildman–Crippen LogP) is -0.188. The maximum atomic E-state index is 11.4. The van der Waals surface area contributed by atoms with Gasteiger partial charge in [-0.3, -0.25) is 4.79 Å². The number of hydrogen-bond donors (Lipinski definition) is 2. The zero-order valence-electron chi connectivity index (χ0n) is 11.0. The third-order valence-electron chi connectivity index (χ3n) is 2.01. The van der Waals surface area contributed by atoms with E-state index in [-0.39, 0.29) is 18.5 Å². The van der Waals surface area contributed by atoms with Crippen molar-refractivity contribution in [2.75, 3.05) is 44.9 Å². The van der Waals surface area contributed by atoms with Crippen molar-refractivity contribution >= 4 is 17.8 Å². The summed E-state index contributed by atoms with van der Waals surface area (Å²) in [7, 11) is 5.06. The van der Waals surface area contributed by atoms with Gasteiger partial charge in [-0.05, 0) is 6.92 Å². The van der Waals surface area contributed by atoms with Crippen molar-refractivity contribution in [2.45, 2.75) is 6.92 Å². The molecule has 0 aliphatic rings. The van der Waals surface area contributed by atoms with Crippen LogP contribution in [-0.2, 0) is 4.79 Å². The quantitative estimate of drug-likeness (QED) is 0.727. The summed E-state index contributed by atoms with van der Waals surface area (Å²) in [5, 5.41) is 5.62. The highest BCUT2D eigenvalue weighted by molar-refractivity contribution is 5.79. The van der Waals surface area contributed by atoms with Gasteiger partial charge in [-0.1, -0.05) is 0 Å². The minimum atomic E-state index is -0.0700. The van der Waals surface area contributed by atoms with Crippen LogP contribution in [0.3, 0.4) is 0 Å². The van der Waals surface area contributed by atoms with Gasteiger partial charge >= 0.3 is 6.01 Å². The van der Waals surface area contributed by atoms with Crippen LogP contribution in [0.2, 0.25) is 0 Å². The first kappa shape index (κ1) is 13.9. The monoisotopic (exact) mass is 254 g/mol. The minimum Gasteiger partial charge on any atom is -0.464 e. The van der Waals surface area contributed by atoms with E-state index in [9.17, 15) is 4.79 Å². The fourth-order valence-electron chi connectivity index (χ4n) is 1.05. The molecule has 0 aliphatic heterocycles. The Morgan fingerprint density at radius 1 is 1.28 bits per heavy atom. The van der Waals surface area contributed by atoms with Crippen molar-refractivity contribution in [1.29, 1.82) is 0 Å². The predicted molar refractivity (Wildman–Crippen MR) is 67.7 cm³/mol. The van der Waals surface area contributed by atoms with Crippen molar-refractivity contribution in [3.05, 3.63) is 0 Å². The molecule has 18 heavy (non-hydrogen) atoms. The van der Waals surface area contributed by atoms with E-state index in [1.54, 1.807) is 21.1 Å². The summed E-state index contributed by atoms with van der Waals surface area (Å²) in [6.07, 6.45) is 0. The SMILES string of the molecule is CCOc1nc(NC)nc(NCC(=O)N(C)C)n1. The van der Waals surface area contributed by atoms with Crippen LogP contribution in [0, 0.1) is 0 Å². The van der Waals surface area contributed by atoms with E-state index in [1.165, 1.54) is 4.90 Å². The standard InChI is InChI=1S/C10H18N6O2/c1-5-18-10-14-8(11-2)13-9(15-10)12-6-7(17)16(3)4/h5-6H2,1-4H3,(H2,11,12,13,14,15). The highest BCUT2D eigenvalue weighted by atomic mass is 16.5. The molecule has 8 heteroatoms. The molecule has 0 radical (unpaired) electrons. The summed E-state index contributed by atoms with van der Waals surface area (Å²) in [6.45, 7) is 2.42. The van der Waals surface area contributed by atoms with Crippen molar-refractivity contribution in [2.24, 2.45) is 0 Å². The Kier molecular flexibility index (Phi) is 5.09. The maximum Gasteiger partial charge on any atom is 0.323 e. The molecule has 0 aliphatic carbocycles. The number of rotatable bonds is 6. The third kappa shape index (κ3) is 4.04. The van der Waals surface area contributed by atoms with Crippen LogP contribution in [0.25, 0.3) is 0 Å². The van der Waals surface area contributed by atoms with E-state index in [0.29, 0.717) is 18.5 Å². The second-order valence-electron chi connectivity index (χ2n) is 3.59. The number of ether oxygens (including phenoxy) is 1. The molecule has 1 aromatic rings. The Balaban J connectivity index is 2.75. The lowest BCUT2D eigenvalue weighted by atomic mass is 10.5. The third-order valence-corrected chi connectivity index (χ3v) is 2.01. The molecular formula is C10H18N6O2. The molecule has 8 nitrogen and oxygen atoms in total. The molecule has 0 unspecified atom stereocenters. The summed E-state index contributed by atoms with van der Waals surface area (Å²) in [6, 6.07) is 0.219. The summed E-state index contributed by atoms with van der Waals surface area (Å²) >= 11 is 0. The molecule has 0 saturated heterocycles. The number of amides is 1. The first-order valence-corrected chi connectivity index (χ1v) is 5.57. The minimum absolute atomic E-state index is 0.0700. The maximum absolute atomic E-state index is 11.4. The van der Waals surface area contributed by atoms with E-state index < -0.39 is 0 Å². The lowest BCUT2D eigenvalue weighted by Crippen LogP contribution is -2.29. The van der Waals surface area contributed by atoms with Gasteiger partial charge in [0.05, 0.1) is 13.2 Å². The molecule has 0 bridgehead atoms. The van der Waals surface area contributed by atoms with Crippen LogP contribution in [0.1, 0.15) is 6.92 Å². The molecule has 0 aromatic carbocycles. The van der Waals surface area contributed by atoms with Crippen LogP contribution >= 0.6 is 0 Å². The van der Waals surface area contributed by atoms with Gasteiger partial charge in [-0.25, -0.2) is 0 Å². The van der Waals surface area contributed by atoms with Gasteiger partial charge in [-0.15, -0.1) is 0 Å². The highest BCUT2D eigenvalue weighted by Gasteiger charge is 2.08. The topological polar surface area (TPSA) is 92.3 Å². The second kappa shape index (κ2) is 6.58. The molecule has 0 fully saturated rings. The van der Waals surface area contributed by atoms with Crippen LogP contribution in [0.5, 0.6) is 6.01 Å². The Bertz CT molecular complexity index is 409. The highest BCUT2D eigenvalue weighted by Crippen LogP contribution is 2.10. The number of anilines is 2. The van der Waals surface area contributed by atoms with Crippen LogP contribution in [0.15, 0.2) is 0 Å². The number of likely N-dealkylation sites (N-methyl/N-ethyl adjacent to an activating group) is 1. The van der Waals surface area contributed by atoms with E-state index in [1.807, 2.05) is 6.92 Å². The van der Waals surface area contributed by atoms with Gasteiger partial charge in [0.1, 0.15) is 0 Å². The Morgan fingerprint density at radius 3 is 2.50 bits per heavy atom. The van der Waals surface area contributed by atoms with E-state index in [0.717, 1.165) is 0 Å². The van der Waals surface area contributed by atoms with Crippen LogP contribution in [0.4, 0.5) is 11.9 Å². The van der Waals surface area contributed by atoms with Crippen molar-refractivity contribution in [1.82, 2.24) is 19.9 Å². The fraction of sp³-hybridized carbons (Fsp3) is 0.600. The van der Waals surface area contributed by atoms with E-state index in [4.69, 9.17) is 4.74 Å². The number of carbonyl (C=O) groups is 1. The molecule has 1 amide bonds. The molecule has 1 heterocycles. The van der Waals surface area contributed by atoms with Gasteiger partial charge in [0.15, 0.2) is 0 Å². The Morgan fingerprint density at radius 2 is 1.94 bits per heavy atom. The lowest BCUT2D eigenvalue weighted by molar-refractivity contribution is -0.126. The number of carbonyl (C=O) groups excluding carboxylic acids is 1. The van der Waals surface area contributed by atoms with Crippen LogP contribution < -0.4 is 15.4 Å². The largest absolute Gasteiger partial charge is 0.464 e. The van der Waals surface area contributed by atoms with Crippen molar-refractivity contribution < 1.29 is 9.53 Å². The number of hydrogen-bond acceptors (Lipinski definition) is 7. The average Bonchev–Trinajstić information content (AvgIpc) is 2.35. The molecular weight excluding hydrogens is 236 g/mol. The van der Waals surface area contributed by atoms with Crippen molar-refractivity contribution in [3.8, 4) is 6.01 Å². The zero-order valence-corrected chi connectivity index (χ0v) is 11.0. The van der Waals surface area contributed by atoms with Gasteiger partial charge in [-0.2, -0.15) is 15.0 Å². The number of nitrogens with one attached hydrogen (secondary N) is 2. The Hall–Kier alpha value is -2.12. The lowest BCUT2D eigenvalue weighted by Gasteiger charge is -2.11. The van der Waals surface area contributed by atoms with Gasteiger partial charge < -0.3 is 20.3 Å². The molecule has 100 valence electrons. The van der Waals surface area contributed by atoms with Gasteiger partial charge in [0.2, 0.25) is 17.8 Å².